The molecule has 0 bridgehead atoms. The summed E-state index contributed by atoms with van der Waals surface area (Å²) in [6.07, 6.45) is 1.47. The van der Waals surface area contributed by atoms with E-state index in [4.69, 9.17) is 16.6 Å². The predicted octanol–water partition coefficient (Wildman–Crippen LogP) is -3.42. The highest BCUT2D eigenvalue weighted by Crippen LogP contribution is 2.03. The second-order valence-electron chi connectivity index (χ2n) is 7.18. The lowest BCUT2D eigenvalue weighted by molar-refractivity contribution is -0.143. The topological polar surface area (TPSA) is 260 Å². The van der Waals surface area contributed by atoms with Crippen LogP contribution in [-0.2, 0) is 35.2 Å². The van der Waals surface area contributed by atoms with Crippen LogP contribution >= 0.6 is 0 Å². The lowest BCUT2D eigenvalue weighted by Gasteiger charge is -2.23. The van der Waals surface area contributed by atoms with E-state index in [2.05, 4.69) is 25.9 Å². The molecule has 15 nitrogen and oxygen atoms in total. The van der Waals surface area contributed by atoms with Gasteiger partial charge in [0.1, 0.15) is 18.1 Å². The minimum Gasteiger partial charge on any atom is -0.481 e. The molecule has 0 aliphatic heterocycles. The van der Waals surface area contributed by atoms with Gasteiger partial charge in [-0.3, -0.25) is 24.0 Å². The number of carbonyl (C=O) groups excluding carboxylic acids is 4. The van der Waals surface area contributed by atoms with E-state index >= 15 is 0 Å². The minimum atomic E-state index is -1.61. The molecular weight excluding hydrogens is 442 g/mol. The van der Waals surface area contributed by atoms with Crippen LogP contribution < -0.4 is 27.4 Å². The lowest BCUT2D eigenvalue weighted by atomic mass is 10.1. The summed E-state index contributed by atoms with van der Waals surface area (Å²) in [5.74, 6) is -6.05. The number of carboxylic acids is 2. The number of amides is 4. The van der Waals surface area contributed by atoms with Gasteiger partial charge in [-0.15, -0.1) is 0 Å². The summed E-state index contributed by atoms with van der Waals surface area (Å²) >= 11 is 0. The van der Waals surface area contributed by atoms with Crippen molar-refractivity contribution in [2.24, 2.45) is 11.5 Å². The van der Waals surface area contributed by atoms with E-state index in [0.29, 0.717) is 5.69 Å². The van der Waals surface area contributed by atoms with Crippen LogP contribution in [0, 0.1) is 0 Å². The van der Waals surface area contributed by atoms with E-state index in [-0.39, 0.29) is 19.3 Å². The lowest BCUT2D eigenvalue weighted by Crippen LogP contribution is -2.57. The van der Waals surface area contributed by atoms with E-state index < -0.39 is 66.2 Å². The summed E-state index contributed by atoms with van der Waals surface area (Å²) in [5, 5.41) is 24.7. The van der Waals surface area contributed by atoms with Crippen molar-refractivity contribution in [1.82, 2.24) is 25.9 Å². The zero-order valence-electron chi connectivity index (χ0n) is 17.7. The molecule has 33 heavy (non-hydrogen) atoms. The molecular formula is C18H27N7O8. The van der Waals surface area contributed by atoms with Gasteiger partial charge in [-0.05, 0) is 13.3 Å². The average Bonchev–Trinajstić information content (AvgIpc) is 3.23. The van der Waals surface area contributed by atoms with Crippen LogP contribution in [0.2, 0.25) is 0 Å². The van der Waals surface area contributed by atoms with Gasteiger partial charge in [0.2, 0.25) is 23.6 Å². The van der Waals surface area contributed by atoms with Crippen molar-refractivity contribution < 1.29 is 39.0 Å². The maximum absolute atomic E-state index is 12.7. The quantitative estimate of drug-likeness (QED) is 0.134. The first-order valence-corrected chi connectivity index (χ1v) is 9.77. The molecule has 0 spiro atoms. The standard InChI is InChI=1S/C18H27N7O8/c1-8(23-16(30)10(19)2-3-14(27)28)15(29)24-11(4-9-6-21-7-22-9)17(31)25-12(18(32)33)5-13(20)26/h6-8,10-12H,2-5,19H2,1H3,(H2,20,26)(H,21,22)(H,23,30)(H,24,29)(H,25,31)(H,27,28)(H,32,33). The molecule has 0 aliphatic rings. The van der Waals surface area contributed by atoms with Gasteiger partial charge in [0, 0.05) is 24.7 Å². The summed E-state index contributed by atoms with van der Waals surface area (Å²) in [6.45, 7) is 1.31. The fourth-order valence-corrected chi connectivity index (χ4v) is 2.59. The molecule has 4 unspecified atom stereocenters. The smallest absolute Gasteiger partial charge is 0.326 e. The summed E-state index contributed by atoms with van der Waals surface area (Å²) < 4.78 is 0. The number of H-pyrrole nitrogens is 1. The summed E-state index contributed by atoms with van der Waals surface area (Å²) in [4.78, 5) is 76.8. The molecule has 4 atom stereocenters. The third-order valence-corrected chi connectivity index (χ3v) is 4.39. The van der Waals surface area contributed by atoms with Crippen molar-refractivity contribution in [2.45, 2.75) is 56.8 Å². The number of aliphatic carboxylic acids is 2. The Kier molecular flexibility index (Phi) is 10.4. The Labute approximate surface area is 187 Å². The van der Waals surface area contributed by atoms with Gasteiger partial charge >= 0.3 is 11.9 Å². The molecule has 1 rings (SSSR count). The molecule has 0 saturated carbocycles. The molecule has 0 aliphatic carbocycles. The molecule has 10 N–H and O–H groups in total. The van der Waals surface area contributed by atoms with E-state index in [1.807, 2.05) is 0 Å². The van der Waals surface area contributed by atoms with Crippen molar-refractivity contribution in [3.05, 3.63) is 18.2 Å². The maximum atomic E-state index is 12.7. The van der Waals surface area contributed by atoms with Crippen LogP contribution in [0.25, 0.3) is 0 Å². The zero-order chi connectivity index (χ0) is 25.1. The Bertz CT molecular complexity index is 873. The van der Waals surface area contributed by atoms with Crippen LogP contribution in [0.3, 0.4) is 0 Å². The number of nitrogens with zero attached hydrogens (tertiary/aromatic N) is 1. The Balaban J connectivity index is 2.85. The van der Waals surface area contributed by atoms with Crippen molar-refractivity contribution in [1.29, 1.82) is 0 Å². The number of nitrogens with two attached hydrogens (primary N) is 2. The molecule has 0 saturated heterocycles. The number of nitrogens with one attached hydrogen (secondary N) is 4. The Morgan fingerprint density at radius 3 is 2.18 bits per heavy atom. The largest absolute Gasteiger partial charge is 0.481 e. The molecule has 15 heteroatoms. The van der Waals surface area contributed by atoms with Crippen molar-refractivity contribution in [3.63, 3.8) is 0 Å². The number of hydrogen-bond donors (Lipinski definition) is 8. The minimum absolute atomic E-state index is 0.112. The first-order chi connectivity index (χ1) is 15.4. The number of carbonyl (C=O) groups is 6. The molecule has 1 heterocycles. The highest BCUT2D eigenvalue weighted by molar-refractivity contribution is 5.94. The number of aromatic nitrogens is 2. The van der Waals surface area contributed by atoms with Crippen molar-refractivity contribution >= 4 is 35.6 Å². The monoisotopic (exact) mass is 469 g/mol. The van der Waals surface area contributed by atoms with Gasteiger partial charge in [-0.2, -0.15) is 0 Å². The van der Waals surface area contributed by atoms with Crippen LogP contribution in [0.4, 0.5) is 0 Å². The number of aromatic amines is 1. The van der Waals surface area contributed by atoms with E-state index in [1.54, 1.807) is 0 Å². The van der Waals surface area contributed by atoms with E-state index in [0.717, 1.165) is 0 Å². The van der Waals surface area contributed by atoms with Gasteiger partial charge in [-0.1, -0.05) is 0 Å². The molecule has 0 radical (unpaired) electrons. The molecule has 1 aromatic heterocycles. The zero-order valence-corrected chi connectivity index (χ0v) is 17.7. The van der Waals surface area contributed by atoms with Crippen LogP contribution in [-0.4, -0.2) is 79.9 Å². The van der Waals surface area contributed by atoms with E-state index in [1.165, 1.54) is 19.4 Å². The second kappa shape index (κ2) is 12.7. The number of rotatable bonds is 14. The molecule has 1 aromatic rings. The third kappa shape index (κ3) is 9.77. The van der Waals surface area contributed by atoms with Crippen LogP contribution in [0.5, 0.6) is 0 Å². The number of imidazole rings is 1. The van der Waals surface area contributed by atoms with Gasteiger partial charge in [0.25, 0.3) is 0 Å². The highest BCUT2D eigenvalue weighted by Gasteiger charge is 2.30. The SMILES string of the molecule is CC(NC(=O)C(N)CCC(=O)O)C(=O)NC(Cc1cnc[nH]1)C(=O)NC(CC(N)=O)C(=O)O. The summed E-state index contributed by atoms with van der Waals surface area (Å²) in [5.41, 5.74) is 11.0. The summed E-state index contributed by atoms with van der Waals surface area (Å²) in [7, 11) is 0. The summed E-state index contributed by atoms with van der Waals surface area (Å²) in [6, 6.07) is -5.23. The Hall–Kier alpha value is -4.01. The molecule has 4 amide bonds. The average molecular weight is 469 g/mol. The second-order valence-corrected chi connectivity index (χ2v) is 7.18. The molecule has 0 aromatic carbocycles. The van der Waals surface area contributed by atoms with Crippen LogP contribution in [0.15, 0.2) is 12.5 Å². The number of hydrogen-bond acceptors (Lipinski definition) is 8. The maximum Gasteiger partial charge on any atom is 0.326 e. The fourth-order valence-electron chi connectivity index (χ4n) is 2.59. The predicted molar refractivity (Wildman–Crippen MR) is 110 cm³/mol. The van der Waals surface area contributed by atoms with Gasteiger partial charge in [0.05, 0.1) is 18.8 Å². The van der Waals surface area contributed by atoms with Gasteiger partial charge in [-0.25, -0.2) is 9.78 Å². The van der Waals surface area contributed by atoms with E-state index in [9.17, 15) is 33.9 Å². The van der Waals surface area contributed by atoms with Gasteiger partial charge in [0.15, 0.2) is 0 Å². The van der Waals surface area contributed by atoms with Crippen molar-refractivity contribution in [2.75, 3.05) is 0 Å². The normalized spacial score (nSPS) is 14.2. The Morgan fingerprint density at radius 2 is 1.67 bits per heavy atom. The Morgan fingerprint density at radius 1 is 1.03 bits per heavy atom. The highest BCUT2D eigenvalue weighted by atomic mass is 16.4. The number of primary amides is 1. The van der Waals surface area contributed by atoms with Crippen molar-refractivity contribution in [3.8, 4) is 0 Å². The first kappa shape index (κ1) is 27.0. The molecule has 0 fully saturated rings. The molecule has 182 valence electrons. The number of carboxylic acid groups (broad SMARTS) is 2. The van der Waals surface area contributed by atoms with Gasteiger partial charge < -0.3 is 42.6 Å². The first-order valence-electron chi connectivity index (χ1n) is 9.77. The fraction of sp³-hybridized carbons (Fsp3) is 0.500. The third-order valence-electron chi connectivity index (χ3n) is 4.39. The van der Waals surface area contributed by atoms with Crippen LogP contribution in [0.1, 0.15) is 31.9 Å².